The number of hydrogen-bond donors (Lipinski definition) is 2. The molecule has 24 heavy (non-hydrogen) atoms. The van der Waals surface area contributed by atoms with Crippen molar-refractivity contribution < 1.29 is 31.8 Å². The van der Waals surface area contributed by atoms with Crippen LogP contribution < -0.4 is 4.74 Å². The molecular formula is C14H21NO7S2. The Kier molecular flexibility index (Phi) is 5.87. The summed E-state index contributed by atoms with van der Waals surface area (Å²) in [5, 5.41) is 18.7. The van der Waals surface area contributed by atoms with Crippen molar-refractivity contribution in [3.05, 3.63) is 24.3 Å². The molecule has 2 rings (SSSR count). The normalized spacial score (nSPS) is 21.8. The maximum atomic E-state index is 12.9. The predicted molar refractivity (Wildman–Crippen MR) is 87.0 cm³/mol. The van der Waals surface area contributed by atoms with Crippen LogP contribution in [0.15, 0.2) is 29.2 Å². The van der Waals surface area contributed by atoms with Crippen LogP contribution in [0.2, 0.25) is 0 Å². The van der Waals surface area contributed by atoms with Gasteiger partial charge in [0.2, 0.25) is 10.0 Å². The van der Waals surface area contributed by atoms with Crippen molar-refractivity contribution >= 4 is 19.9 Å². The number of sulfone groups is 1. The number of rotatable bonds is 7. The van der Waals surface area contributed by atoms with E-state index in [9.17, 15) is 21.9 Å². The van der Waals surface area contributed by atoms with Crippen molar-refractivity contribution in [2.45, 2.75) is 23.5 Å². The van der Waals surface area contributed by atoms with Gasteiger partial charge in [0.05, 0.1) is 36.2 Å². The molecule has 8 nitrogen and oxygen atoms in total. The Labute approximate surface area is 141 Å². The predicted octanol–water partition coefficient (Wildman–Crippen LogP) is -0.774. The average molecular weight is 379 g/mol. The van der Waals surface area contributed by atoms with E-state index in [1.54, 1.807) is 0 Å². The van der Waals surface area contributed by atoms with Crippen LogP contribution in [0, 0.1) is 0 Å². The number of aliphatic hydroxyl groups excluding tert-OH is 2. The monoisotopic (exact) mass is 379 g/mol. The average Bonchev–Trinajstić information content (AvgIpc) is 2.91. The van der Waals surface area contributed by atoms with Crippen LogP contribution in [-0.2, 0) is 19.9 Å². The van der Waals surface area contributed by atoms with Gasteiger partial charge in [0.1, 0.15) is 5.75 Å². The zero-order chi connectivity index (χ0) is 18.0. The third-order valence-corrected chi connectivity index (χ3v) is 7.57. The van der Waals surface area contributed by atoms with E-state index in [-0.39, 0.29) is 29.4 Å². The second-order valence-corrected chi connectivity index (χ2v) is 9.76. The lowest BCUT2D eigenvalue weighted by atomic mass is 10.2. The molecule has 1 aliphatic rings. The van der Waals surface area contributed by atoms with Crippen molar-refractivity contribution in [1.29, 1.82) is 0 Å². The zero-order valence-corrected chi connectivity index (χ0v) is 14.8. The molecular weight excluding hydrogens is 358 g/mol. The second kappa shape index (κ2) is 7.36. The van der Waals surface area contributed by atoms with Crippen molar-refractivity contribution in [3.8, 4) is 5.75 Å². The van der Waals surface area contributed by atoms with Crippen LogP contribution in [-0.4, -0.2) is 75.3 Å². The first-order valence-electron chi connectivity index (χ1n) is 7.35. The Morgan fingerprint density at radius 2 is 1.96 bits per heavy atom. The number of hydrogen-bond acceptors (Lipinski definition) is 7. The minimum atomic E-state index is -4.02. The van der Waals surface area contributed by atoms with E-state index in [1.165, 1.54) is 31.4 Å². The molecule has 10 heteroatoms. The summed E-state index contributed by atoms with van der Waals surface area (Å²) in [5.74, 6) is 0.0986. The lowest BCUT2D eigenvalue weighted by molar-refractivity contribution is 0.0730. The Balaban J connectivity index is 2.36. The highest BCUT2D eigenvalue weighted by Crippen LogP contribution is 2.26. The molecule has 1 heterocycles. The second-order valence-electron chi connectivity index (χ2n) is 5.64. The maximum Gasteiger partial charge on any atom is 0.243 e. The lowest BCUT2D eigenvalue weighted by Gasteiger charge is -2.29. The van der Waals surface area contributed by atoms with Gasteiger partial charge >= 0.3 is 0 Å². The van der Waals surface area contributed by atoms with Gasteiger partial charge in [0, 0.05) is 12.6 Å². The van der Waals surface area contributed by atoms with E-state index in [0.717, 1.165) is 4.31 Å². The topological polar surface area (TPSA) is 121 Å². The van der Waals surface area contributed by atoms with Crippen molar-refractivity contribution in [3.63, 3.8) is 0 Å². The SMILES string of the molecule is COc1ccc(S(=O)(=O)N(C[C@@H](O)CO)[C@@H]2CCS(=O)(=O)C2)cc1. The molecule has 1 aliphatic heterocycles. The maximum absolute atomic E-state index is 12.9. The van der Waals surface area contributed by atoms with Gasteiger partial charge in [-0.3, -0.25) is 0 Å². The fourth-order valence-electron chi connectivity index (χ4n) is 2.59. The van der Waals surface area contributed by atoms with Crippen LogP contribution in [0.25, 0.3) is 0 Å². The van der Waals surface area contributed by atoms with E-state index >= 15 is 0 Å². The largest absolute Gasteiger partial charge is 0.497 e. The molecule has 0 saturated carbocycles. The van der Waals surface area contributed by atoms with Gasteiger partial charge in [0.15, 0.2) is 9.84 Å². The fraction of sp³-hybridized carbons (Fsp3) is 0.571. The number of nitrogens with zero attached hydrogens (tertiary/aromatic N) is 1. The summed E-state index contributed by atoms with van der Waals surface area (Å²) >= 11 is 0. The summed E-state index contributed by atoms with van der Waals surface area (Å²) < 4.78 is 55.1. The van der Waals surface area contributed by atoms with Gasteiger partial charge in [-0.1, -0.05) is 0 Å². The number of benzene rings is 1. The van der Waals surface area contributed by atoms with Crippen LogP contribution in [0.3, 0.4) is 0 Å². The Bertz CT molecular complexity index is 759. The molecule has 0 radical (unpaired) electrons. The molecule has 1 saturated heterocycles. The third-order valence-electron chi connectivity index (χ3n) is 3.88. The van der Waals surface area contributed by atoms with Crippen molar-refractivity contribution in [1.82, 2.24) is 4.31 Å². The molecule has 0 aromatic heterocycles. The third kappa shape index (κ3) is 4.25. The number of methoxy groups -OCH3 is 1. The van der Waals surface area contributed by atoms with E-state index in [2.05, 4.69) is 0 Å². The zero-order valence-electron chi connectivity index (χ0n) is 13.2. The molecule has 1 aromatic rings. The Hall–Kier alpha value is -1.20. The molecule has 136 valence electrons. The summed E-state index contributed by atoms with van der Waals surface area (Å²) in [7, 11) is -5.87. The van der Waals surface area contributed by atoms with E-state index < -0.39 is 38.6 Å². The fourth-order valence-corrected chi connectivity index (χ4v) is 6.11. The van der Waals surface area contributed by atoms with E-state index in [4.69, 9.17) is 9.84 Å². The van der Waals surface area contributed by atoms with Crippen molar-refractivity contribution in [2.24, 2.45) is 0 Å². The van der Waals surface area contributed by atoms with Gasteiger partial charge in [-0.05, 0) is 30.7 Å². The molecule has 0 bridgehead atoms. The number of sulfonamides is 1. The summed E-state index contributed by atoms with van der Waals surface area (Å²) in [4.78, 5) is -0.0299. The summed E-state index contributed by atoms with van der Waals surface area (Å²) in [5.41, 5.74) is 0. The van der Waals surface area contributed by atoms with Crippen molar-refractivity contribution in [2.75, 3.05) is 31.8 Å². The smallest absolute Gasteiger partial charge is 0.243 e. The molecule has 1 fully saturated rings. The van der Waals surface area contributed by atoms with Gasteiger partial charge < -0.3 is 14.9 Å². The summed E-state index contributed by atoms with van der Waals surface area (Å²) in [6, 6.07) is 4.92. The quantitative estimate of drug-likeness (QED) is 0.638. The molecule has 1 aromatic carbocycles. The minimum absolute atomic E-state index is 0.0299. The molecule has 0 aliphatic carbocycles. The highest BCUT2D eigenvalue weighted by Gasteiger charge is 2.39. The first-order valence-corrected chi connectivity index (χ1v) is 10.6. The summed E-state index contributed by atoms with van der Waals surface area (Å²) in [6.07, 6.45) is -1.13. The first-order chi connectivity index (χ1) is 11.2. The number of aliphatic hydroxyl groups is 2. The number of ether oxygens (including phenoxy) is 1. The molecule has 0 amide bonds. The van der Waals surface area contributed by atoms with Gasteiger partial charge in [0.25, 0.3) is 0 Å². The Morgan fingerprint density at radius 1 is 1.33 bits per heavy atom. The Morgan fingerprint density at radius 3 is 2.42 bits per heavy atom. The van der Waals surface area contributed by atoms with Gasteiger partial charge in [-0.25, -0.2) is 16.8 Å². The van der Waals surface area contributed by atoms with Crippen LogP contribution in [0.5, 0.6) is 5.75 Å². The molecule has 2 atom stereocenters. The van der Waals surface area contributed by atoms with Crippen LogP contribution in [0.1, 0.15) is 6.42 Å². The van der Waals surface area contributed by atoms with E-state index in [0.29, 0.717) is 5.75 Å². The minimum Gasteiger partial charge on any atom is -0.497 e. The van der Waals surface area contributed by atoms with Crippen LogP contribution >= 0.6 is 0 Å². The molecule has 0 spiro atoms. The highest BCUT2D eigenvalue weighted by atomic mass is 32.2. The standard InChI is InChI=1S/C14H21NO7S2/c1-22-13-2-4-14(5-3-13)24(20,21)15(8-12(17)9-16)11-6-7-23(18,19)10-11/h2-5,11-12,16-17H,6-10H2,1H3/t11-,12-/m1/s1. The molecule has 2 N–H and O–H groups in total. The first kappa shape index (κ1) is 19.1. The molecule has 0 unspecified atom stereocenters. The highest BCUT2D eigenvalue weighted by molar-refractivity contribution is 7.92. The lowest BCUT2D eigenvalue weighted by Crippen LogP contribution is -2.46. The van der Waals surface area contributed by atoms with Crippen LogP contribution in [0.4, 0.5) is 0 Å². The van der Waals surface area contributed by atoms with E-state index in [1.807, 2.05) is 0 Å². The van der Waals surface area contributed by atoms with Gasteiger partial charge in [-0.15, -0.1) is 0 Å². The summed E-state index contributed by atoms with van der Waals surface area (Å²) in [6.45, 7) is -0.987. The van der Waals surface area contributed by atoms with Gasteiger partial charge in [-0.2, -0.15) is 4.31 Å².